The summed E-state index contributed by atoms with van der Waals surface area (Å²) in [5.41, 5.74) is 0.246. The smallest absolute Gasteiger partial charge is 0.243 e. The van der Waals surface area contributed by atoms with Gasteiger partial charge in [-0.3, -0.25) is 0 Å². The standard InChI is InChI=1S/C22H23BrClFN2O3S/c1-2-19-13-18(5-8-30-19)26-20-4-3-16(24)12-21(20)31(28,29)27-22(6-7-22)14-9-15(23)11-17(25)10-14/h2-4,9-12,18-19,26-27H,1,5-8,13H2/t18-,19+/m1/s1. The van der Waals surface area contributed by atoms with Crippen LogP contribution in [-0.2, 0) is 20.3 Å². The molecule has 31 heavy (non-hydrogen) atoms. The molecule has 0 radical (unpaired) electrons. The highest BCUT2D eigenvalue weighted by Gasteiger charge is 2.48. The molecular formula is C22H23BrClFN2O3S. The SMILES string of the molecule is C=C[C@H]1C[C@H](Nc2ccc(Cl)cc2S(=O)(=O)NC2(c3cc(F)cc(Br)c3)CC2)CCO1. The third-order valence-electron chi connectivity index (χ3n) is 5.67. The van der Waals surface area contributed by atoms with Gasteiger partial charge in [-0.15, -0.1) is 6.58 Å². The van der Waals surface area contributed by atoms with Crippen molar-refractivity contribution in [3.8, 4) is 0 Å². The fourth-order valence-electron chi connectivity index (χ4n) is 3.90. The van der Waals surface area contributed by atoms with E-state index in [1.54, 1.807) is 24.3 Å². The van der Waals surface area contributed by atoms with E-state index in [4.69, 9.17) is 16.3 Å². The lowest BCUT2D eigenvalue weighted by Gasteiger charge is -2.30. The van der Waals surface area contributed by atoms with Crippen LogP contribution in [0.4, 0.5) is 10.1 Å². The maximum Gasteiger partial charge on any atom is 0.243 e. The normalized spacial score (nSPS) is 22.7. The van der Waals surface area contributed by atoms with Crippen molar-refractivity contribution < 1.29 is 17.5 Å². The van der Waals surface area contributed by atoms with E-state index in [0.29, 0.717) is 46.6 Å². The highest BCUT2D eigenvalue weighted by atomic mass is 79.9. The van der Waals surface area contributed by atoms with Gasteiger partial charge >= 0.3 is 0 Å². The second kappa shape index (κ2) is 8.83. The van der Waals surface area contributed by atoms with Crippen LogP contribution in [0.1, 0.15) is 31.2 Å². The first-order valence-electron chi connectivity index (χ1n) is 10.0. The fourth-order valence-corrected chi connectivity index (χ4v) is 6.25. The van der Waals surface area contributed by atoms with Gasteiger partial charge in [0.1, 0.15) is 10.7 Å². The second-order valence-corrected chi connectivity index (χ2v) is 11.0. The summed E-state index contributed by atoms with van der Waals surface area (Å²) in [5.74, 6) is -0.420. The lowest BCUT2D eigenvalue weighted by Crippen LogP contribution is -2.36. The highest BCUT2D eigenvalue weighted by Crippen LogP contribution is 2.47. The van der Waals surface area contributed by atoms with Crippen molar-refractivity contribution in [3.05, 3.63) is 69.9 Å². The lowest BCUT2D eigenvalue weighted by molar-refractivity contribution is 0.0412. The Hall–Kier alpha value is -1.45. The molecule has 5 nitrogen and oxygen atoms in total. The molecule has 1 aliphatic heterocycles. The molecule has 0 unspecified atom stereocenters. The molecule has 2 fully saturated rings. The highest BCUT2D eigenvalue weighted by molar-refractivity contribution is 9.10. The van der Waals surface area contributed by atoms with Gasteiger partial charge in [0.15, 0.2) is 0 Å². The topological polar surface area (TPSA) is 67.4 Å². The number of hydrogen-bond acceptors (Lipinski definition) is 4. The van der Waals surface area contributed by atoms with E-state index in [1.807, 2.05) is 0 Å². The minimum Gasteiger partial charge on any atom is -0.381 e. The first kappa shape index (κ1) is 22.7. The number of ether oxygens (including phenoxy) is 1. The maximum absolute atomic E-state index is 13.9. The molecule has 2 aliphatic rings. The van der Waals surface area contributed by atoms with Crippen molar-refractivity contribution in [1.29, 1.82) is 0 Å². The first-order valence-corrected chi connectivity index (χ1v) is 12.7. The number of benzene rings is 2. The summed E-state index contributed by atoms with van der Waals surface area (Å²) in [6, 6.07) is 9.27. The second-order valence-electron chi connectivity index (χ2n) is 8.00. The fraction of sp³-hybridized carbons (Fsp3) is 0.364. The van der Waals surface area contributed by atoms with E-state index in [9.17, 15) is 12.8 Å². The van der Waals surface area contributed by atoms with Crippen molar-refractivity contribution in [3.63, 3.8) is 0 Å². The Morgan fingerprint density at radius 3 is 2.71 bits per heavy atom. The number of rotatable bonds is 7. The average Bonchev–Trinajstić information content (AvgIpc) is 3.49. The van der Waals surface area contributed by atoms with E-state index in [1.165, 1.54) is 18.2 Å². The van der Waals surface area contributed by atoms with E-state index in [2.05, 4.69) is 32.5 Å². The molecule has 4 rings (SSSR count). The molecule has 2 aromatic rings. The van der Waals surface area contributed by atoms with Gasteiger partial charge in [-0.25, -0.2) is 17.5 Å². The summed E-state index contributed by atoms with van der Waals surface area (Å²) < 4.78 is 49.7. The molecule has 1 saturated carbocycles. The quantitative estimate of drug-likeness (QED) is 0.474. The number of sulfonamides is 1. The van der Waals surface area contributed by atoms with Crippen LogP contribution in [0.2, 0.25) is 5.02 Å². The predicted octanol–water partition coefficient (Wildman–Crippen LogP) is 5.35. The van der Waals surface area contributed by atoms with Gasteiger partial charge in [-0.1, -0.05) is 33.6 Å². The van der Waals surface area contributed by atoms with Crippen LogP contribution in [0, 0.1) is 5.82 Å². The van der Waals surface area contributed by atoms with Crippen LogP contribution < -0.4 is 10.0 Å². The van der Waals surface area contributed by atoms with Crippen LogP contribution in [0.5, 0.6) is 0 Å². The summed E-state index contributed by atoms with van der Waals surface area (Å²) in [4.78, 5) is 0.0726. The number of hydrogen-bond donors (Lipinski definition) is 2. The van der Waals surface area contributed by atoms with Gasteiger partial charge in [-0.05, 0) is 67.6 Å². The van der Waals surface area contributed by atoms with Crippen molar-refractivity contribution in [1.82, 2.24) is 4.72 Å². The minimum atomic E-state index is -3.94. The van der Waals surface area contributed by atoms with Gasteiger partial charge in [0.25, 0.3) is 0 Å². The van der Waals surface area contributed by atoms with Gasteiger partial charge in [0.2, 0.25) is 10.0 Å². The Kier molecular flexibility index (Phi) is 6.47. The molecule has 166 valence electrons. The summed E-state index contributed by atoms with van der Waals surface area (Å²) in [5, 5.41) is 3.66. The number of nitrogens with one attached hydrogen (secondary N) is 2. The van der Waals surface area contributed by atoms with Crippen molar-refractivity contribution >= 4 is 43.2 Å². The first-order chi connectivity index (χ1) is 14.7. The average molecular weight is 530 g/mol. The van der Waals surface area contributed by atoms with Crippen LogP contribution in [0.3, 0.4) is 0 Å². The summed E-state index contributed by atoms with van der Waals surface area (Å²) in [6.07, 6.45) is 4.31. The van der Waals surface area contributed by atoms with E-state index < -0.39 is 21.4 Å². The molecule has 1 heterocycles. The zero-order chi connectivity index (χ0) is 22.2. The van der Waals surface area contributed by atoms with E-state index in [0.717, 1.165) is 6.42 Å². The van der Waals surface area contributed by atoms with Gasteiger partial charge in [-0.2, -0.15) is 0 Å². The molecule has 2 aromatic carbocycles. The lowest BCUT2D eigenvalue weighted by atomic mass is 10.0. The van der Waals surface area contributed by atoms with Crippen molar-refractivity contribution in [2.24, 2.45) is 0 Å². The van der Waals surface area contributed by atoms with Crippen LogP contribution in [0.25, 0.3) is 0 Å². The Labute approximate surface area is 195 Å². The summed E-state index contributed by atoms with van der Waals surface area (Å²) in [7, 11) is -3.94. The largest absolute Gasteiger partial charge is 0.381 e. The Balaban J connectivity index is 1.62. The molecule has 9 heteroatoms. The van der Waals surface area contributed by atoms with Crippen molar-refractivity contribution in [2.45, 2.75) is 48.3 Å². The Morgan fingerprint density at radius 1 is 1.26 bits per heavy atom. The Morgan fingerprint density at radius 2 is 2.03 bits per heavy atom. The van der Waals surface area contributed by atoms with Crippen LogP contribution >= 0.6 is 27.5 Å². The number of anilines is 1. The van der Waals surface area contributed by atoms with Gasteiger partial charge < -0.3 is 10.1 Å². The molecule has 0 aromatic heterocycles. The van der Waals surface area contributed by atoms with Crippen LogP contribution in [0.15, 0.2) is 58.4 Å². The molecule has 0 amide bonds. The molecule has 2 atom stereocenters. The molecule has 0 bridgehead atoms. The molecular weight excluding hydrogens is 507 g/mol. The van der Waals surface area contributed by atoms with E-state index in [-0.39, 0.29) is 17.0 Å². The molecule has 0 spiro atoms. The third-order valence-corrected chi connectivity index (χ3v) is 7.93. The minimum absolute atomic E-state index is 0.0425. The van der Waals surface area contributed by atoms with E-state index >= 15 is 0 Å². The van der Waals surface area contributed by atoms with Crippen LogP contribution in [-0.4, -0.2) is 27.2 Å². The molecule has 1 aliphatic carbocycles. The Bertz CT molecular complexity index is 1090. The summed E-state index contributed by atoms with van der Waals surface area (Å²) >= 11 is 9.43. The predicted molar refractivity (Wildman–Crippen MR) is 123 cm³/mol. The zero-order valence-corrected chi connectivity index (χ0v) is 19.9. The third kappa shape index (κ3) is 5.14. The zero-order valence-electron chi connectivity index (χ0n) is 16.7. The van der Waals surface area contributed by atoms with Gasteiger partial charge in [0.05, 0.1) is 17.3 Å². The molecule has 2 N–H and O–H groups in total. The number of halogens is 3. The summed E-state index contributed by atoms with van der Waals surface area (Å²) in [6.45, 7) is 4.35. The molecule has 1 saturated heterocycles. The van der Waals surface area contributed by atoms with Gasteiger partial charge in [0, 0.05) is 22.1 Å². The monoisotopic (exact) mass is 528 g/mol. The van der Waals surface area contributed by atoms with Crippen molar-refractivity contribution in [2.75, 3.05) is 11.9 Å². The maximum atomic E-state index is 13.9.